The Morgan fingerprint density at radius 3 is 2.50 bits per heavy atom. The average molecular weight is 325 g/mol. The Bertz CT molecular complexity index is 556. The first-order valence-corrected chi connectivity index (χ1v) is 6.53. The lowest BCUT2D eigenvalue weighted by molar-refractivity contribution is 0.318. The van der Waals surface area contributed by atoms with Crippen LogP contribution in [0.2, 0.25) is 0 Å². The van der Waals surface area contributed by atoms with Crippen LogP contribution in [-0.4, -0.2) is 21.0 Å². The van der Waals surface area contributed by atoms with E-state index in [0.29, 0.717) is 5.69 Å². The van der Waals surface area contributed by atoms with Crippen LogP contribution >= 0.6 is 27.7 Å². The quantitative estimate of drug-likeness (QED) is 0.392. The molecule has 0 amide bonds. The van der Waals surface area contributed by atoms with Crippen molar-refractivity contribution < 1.29 is 5.21 Å². The summed E-state index contributed by atoms with van der Waals surface area (Å²) >= 11 is 4.86. The van der Waals surface area contributed by atoms with Crippen LogP contribution in [0.15, 0.2) is 56.2 Å². The number of halogens is 1. The van der Waals surface area contributed by atoms with Gasteiger partial charge in [0.1, 0.15) is 10.7 Å². The molecule has 0 saturated carbocycles. The smallest absolute Gasteiger partial charge is 0.190 e. The summed E-state index contributed by atoms with van der Waals surface area (Å²) in [6.45, 7) is 0. The molecule has 1 aromatic heterocycles. The standard InChI is InChI=1S/C11H9BrN4OS/c12-7-1-3-8(4-2-7)18-10-6-14-9(5-15-10)11(13)16-17/h1-6,17H,(H2,13,16). The van der Waals surface area contributed by atoms with E-state index in [1.807, 2.05) is 24.3 Å². The minimum Gasteiger partial charge on any atom is -0.409 e. The van der Waals surface area contributed by atoms with Gasteiger partial charge in [-0.2, -0.15) is 0 Å². The second kappa shape index (κ2) is 5.83. The molecule has 92 valence electrons. The summed E-state index contributed by atoms with van der Waals surface area (Å²) in [5.41, 5.74) is 5.74. The Morgan fingerprint density at radius 1 is 1.22 bits per heavy atom. The van der Waals surface area contributed by atoms with Crippen LogP contribution in [0, 0.1) is 0 Å². The van der Waals surface area contributed by atoms with E-state index in [2.05, 4.69) is 31.1 Å². The molecule has 0 fully saturated rings. The zero-order valence-corrected chi connectivity index (χ0v) is 11.5. The molecule has 0 aliphatic heterocycles. The van der Waals surface area contributed by atoms with Crippen LogP contribution in [0.3, 0.4) is 0 Å². The van der Waals surface area contributed by atoms with Gasteiger partial charge in [0.15, 0.2) is 5.84 Å². The third kappa shape index (κ3) is 3.21. The fraction of sp³-hybridized carbons (Fsp3) is 0. The van der Waals surface area contributed by atoms with Gasteiger partial charge >= 0.3 is 0 Å². The molecule has 0 unspecified atom stereocenters. The van der Waals surface area contributed by atoms with E-state index < -0.39 is 0 Å². The molecule has 0 atom stereocenters. The van der Waals surface area contributed by atoms with Gasteiger partial charge in [-0.1, -0.05) is 32.8 Å². The van der Waals surface area contributed by atoms with Gasteiger partial charge in [-0.3, -0.25) is 0 Å². The fourth-order valence-electron chi connectivity index (χ4n) is 1.18. The topological polar surface area (TPSA) is 84.4 Å². The summed E-state index contributed by atoms with van der Waals surface area (Å²) in [5.74, 6) is -0.0531. The largest absolute Gasteiger partial charge is 0.409 e. The molecular formula is C11H9BrN4OS. The number of oxime groups is 1. The summed E-state index contributed by atoms with van der Waals surface area (Å²) in [4.78, 5) is 9.30. The Morgan fingerprint density at radius 2 is 1.94 bits per heavy atom. The van der Waals surface area contributed by atoms with Crippen LogP contribution in [0.1, 0.15) is 5.69 Å². The van der Waals surface area contributed by atoms with Crippen molar-refractivity contribution in [2.24, 2.45) is 10.9 Å². The molecule has 0 aliphatic carbocycles. The molecule has 0 spiro atoms. The molecule has 0 radical (unpaired) electrons. The highest BCUT2D eigenvalue weighted by molar-refractivity contribution is 9.10. The highest BCUT2D eigenvalue weighted by Gasteiger charge is 2.03. The predicted octanol–water partition coefficient (Wildman–Crippen LogP) is 2.48. The molecule has 1 aromatic carbocycles. The van der Waals surface area contributed by atoms with E-state index in [9.17, 15) is 0 Å². The van der Waals surface area contributed by atoms with Gasteiger partial charge < -0.3 is 10.9 Å². The maximum absolute atomic E-state index is 8.50. The first-order valence-electron chi connectivity index (χ1n) is 4.92. The van der Waals surface area contributed by atoms with Crippen molar-refractivity contribution >= 4 is 33.5 Å². The van der Waals surface area contributed by atoms with Crippen molar-refractivity contribution in [3.05, 3.63) is 46.8 Å². The lowest BCUT2D eigenvalue weighted by atomic mass is 10.4. The number of amidine groups is 1. The minimum atomic E-state index is -0.0531. The van der Waals surface area contributed by atoms with Crippen LogP contribution < -0.4 is 5.73 Å². The Hall–Kier alpha value is -1.60. The zero-order chi connectivity index (χ0) is 13.0. The van der Waals surface area contributed by atoms with Crippen molar-refractivity contribution in [2.75, 3.05) is 0 Å². The van der Waals surface area contributed by atoms with Gasteiger partial charge in [0.05, 0.1) is 12.4 Å². The minimum absolute atomic E-state index is 0.0531. The van der Waals surface area contributed by atoms with Crippen molar-refractivity contribution in [3.63, 3.8) is 0 Å². The second-order valence-corrected chi connectivity index (χ2v) is 5.29. The van der Waals surface area contributed by atoms with Crippen molar-refractivity contribution in [3.8, 4) is 0 Å². The van der Waals surface area contributed by atoms with Gasteiger partial charge in [-0.15, -0.1) is 0 Å². The number of hydrogen-bond donors (Lipinski definition) is 2. The van der Waals surface area contributed by atoms with Crippen LogP contribution in [0.5, 0.6) is 0 Å². The third-order valence-corrected chi connectivity index (χ3v) is 3.49. The fourth-order valence-corrected chi connectivity index (χ4v) is 2.16. The second-order valence-electron chi connectivity index (χ2n) is 3.28. The molecule has 5 nitrogen and oxygen atoms in total. The Labute approximate surface area is 116 Å². The average Bonchev–Trinajstić information content (AvgIpc) is 2.41. The van der Waals surface area contributed by atoms with Crippen molar-refractivity contribution in [2.45, 2.75) is 9.92 Å². The highest BCUT2D eigenvalue weighted by atomic mass is 79.9. The maximum atomic E-state index is 8.50. The summed E-state index contributed by atoms with van der Waals surface area (Å²) in [6.07, 6.45) is 3.05. The number of nitrogens with zero attached hydrogens (tertiary/aromatic N) is 3. The van der Waals surface area contributed by atoms with Crippen molar-refractivity contribution in [1.82, 2.24) is 9.97 Å². The summed E-state index contributed by atoms with van der Waals surface area (Å²) < 4.78 is 1.03. The van der Waals surface area contributed by atoms with Gasteiger partial charge in [0.2, 0.25) is 0 Å². The van der Waals surface area contributed by atoms with Gasteiger partial charge in [-0.05, 0) is 24.3 Å². The Balaban J connectivity index is 2.13. The highest BCUT2D eigenvalue weighted by Crippen LogP contribution is 2.26. The third-order valence-electron chi connectivity index (χ3n) is 2.03. The van der Waals surface area contributed by atoms with Crippen molar-refractivity contribution in [1.29, 1.82) is 0 Å². The van der Waals surface area contributed by atoms with Crippen LogP contribution in [-0.2, 0) is 0 Å². The number of benzene rings is 1. The molecule has 2 aromatic rings. The van der Waals surface area contributed by atoms with E-state index >= 15 is 0 Å². The SMILES string of the molecule is NC(=NO)c1cnc(Sc2ccc(Br)cc2)cn1. The monoisotopic (exact) mass is 324 g/mol. The summed E-state index contributed by atoms with van der Waals surface area (Å²) in [6, 6.07) is 7.88. The van der Waals surface area contributed by atoms with E-state index in [-0.39, 0.29) is 5.84 Å². The van der Waals surface area contributed by atoms with E-state index in [4.69, 9.17) is 10.9 Å². The normalized spacial score (nSPS) is 11.5. The predicted molar refractivity (Wildman–Crippen MR) is 72.8 cm³/mol. The van der Waals surface area contributed by atoms with Gasteiger partial charge in [0.25, 0.3) is 0 Å². The summed E-state index contributed by atoms with van der Waals surface area (Å²) in [5, 5.41) is 12.1. The number of hydrogen-bond acceptors (Lipinski definition) is 5. The first-order chi connectivity index (χ1) is 8.69. The molecular weight excluding hydrogens is 316 g/mol. The zero-order valence-electron chi connectivity index (χ0n) is 9.12. The molecule has 18 heavy (non-hydrogen) atoms. The Kier molecular flexibility index (Phi) is 4.16. The van der Waals surface area contributed by atoms with Gasteiger partial charge in [-0.25, -0.2) is 9.97 Å². The molecule has 3 N–H and O–H groups in total. The molecule has 0 bridgehead atoms. The molecule has 2 rings (SSSR count). The van der Waals surface area contributed by atoms with E-state index in [1.54, 1.807) is 6.20 Å². The molecule has 0 aliphatic rings. The van der Waals surface area contributed by atoms with Gasteiger partial charge in [0, 0.05) is 9.37 Å². The van der Waals surface area contributed by atoms with Crippen LogP contribution in [0.25, 0.3) is 0 Å². The van der Waals surface area contributed by atoms with E-state index in [1.165, 1.54) is 18.0 Å². The number of rotatable bonds is 3. The number of nitrogens with two attached hydrogens (primary N) is 1. The molecule has 0 saturated heterocycles. The van der Waals surface area contributed by atoms with E-state index in [0.717, 1.165) is 14.4 Å². The number of aromatic nitrogens is 2. The lowest BCUT2D eigenvalue weighted by Crippen LogP contribution is -2.15. The first kappa shape index (κ1) is 12.8. The maximum Gasteiger partial charge on any atom is 0.190 e. The summed E-state index contributed by atoms with van der Waals surface area (Å²) in [7, 11) is 0. The lowest BCUT2D eigenvalue weighted by Gasteiger charge is -2.02. The molecule has 1 heterocycles. The molecule has 7 heteroatoms. The van der Waals surface area contributed by atoms with Crippen LogP contribution in [0.4, 0.5) is 0 Å².